The molecule has 0 aliphatic carbocycles. The lowest BCUT2D eigenvalue weighted by Gasteiger charge is -2.45. The Morgan fingerprint density at radius 3 is 2.42 bits per heavy atom. The summed E-state index contributed by atoms with van der Waals surface area (Å²) in [5.74, 6) is -2.87. The van der Waals surface area contributed by atoms with Gasteiger partial charge in [-0.25, -0.2) is 0 Å². The van der Waals surface area contributed by atoms with Gasteiger partial charge in [0, 0.05) is 12.1 Å². The van der Waals surface area contributed by atoms with Crippen molar-refractivity contribution in [2.75, 3.05) is 19.8 Å². The Hall–Kier alpha value is -2.19. The molecule has 8 heteroatoms. The summed E-state index contributed by atoms with van der Waals surface area (Å²) in [7, 11) is 0. The molecule has 1 spiro atoms. The molecule has 1 N–H and O–H groups in total. The van der Waals surface area contributed by atoms with E-state index in [-0.39, 0.29) is 36.4 Å². The lowest BCUT2D eigenvalue weighted by atomic mass is 9.77. The van der Waals surface area contributed by atoms with Crippen LogP contribution < -0.4 is 0 Å². The fourth-order valence-electron chi connectivity index (χ4n) is 6.96. The molecule has 0 radical (unpaired) electrons. The van der Waals surface area contributed by atoms with Crippen LogP contribution in [0.3, 0.4) is 0 Å². The lowest BCUT2D eigenvalue weighted by molar-refractivity contribution is -0.158. The molecule has 4 aliphatic heterocycles. The molecule has 2 amide bonds. The summed E-state index contributed by atoms with van der Waals surface area (Å²) in [4.78, 5) is 45.2. The van der Waals surface area contributed by atoms with E-state index in [1.807, 2.05) is 43.1 Å². The third-order valence-corrected chi connectivity index (χ3v) is 8.07. The van der Waals surface area contributed by atoms with E-state index in [4.69, 9.17) is 9.47 Å². The molecule has 0 aromatic heterocycles. The Labute approximate surface area is 214 Å². The second-order valence-electron chi connectivity index (χ2n) is 12.9. The van der Waals surface area contributed by atoms with Gasteiger partial charge < -0.3 is 24.4 Å². The topological polar surface area (TPSA) is 96.4 Å². The SMILES string of the molecule is CC(C)[C@H](CO)N1C(=O)[C@@H]2[C@@H]3C(=O)OCCC=C[C@@H]3O[C@@]23C=CCN(C(C)(C)CC(C)(C)C)C(=O)C13. The Morgan fingerprint density at radius 1 is 1.11 bits per heavy atom. The van der Waals surface area contributed by atoms with Gasteiger partial charge in [-0.05, 0) is 38.0 Å². The monoisotopic (exact) mass is 502 g/mol. The number of rotatable bonds is 5. The highest BCUT2D eigenvalue weighted by molar-refractivity contribution is 5.99. The maximum absolute atomic E-state index is 14.5. The first kappa shape index (κ1) is 26.9. The number of carbonyl (C=O) groups is 3. The van der Waals surface area contributed by atoms with Crippen LogP contribution in [0.25, 0.3) is 0 Å². The summed E-state index contributed by atoms with van der Waals surface area (Å²) in [6, 6.07) is -1.57. The van der Waals surface area contributed by atoms with Crippen molar-refractivity contribution in [3.05, 3.63) is 24.3 Å². The molecule has 1 unspecified atom stereocenters. The first-order valence-electron chi connectivity index (χ1n) is 13.2. The van der Waals surface area contributed by atoms with Crippen molar-refractivity contribution in [1.29, 1.82) is 0 Å². The summed E-state index contributed by atoms with van der Waals surface area (Å²) >= 11 is 0. The van der Waals surface area contributed by atoms with Crippen molar-refractivity contribution >= 4 is 17.8 Å². The van der Waals surface area contributed by atoms with Gasteiger partial charge in [-0.2, -0.15) is 0 Å². The summed E-state index contributed by atoms with van der Waals surface area (Å²) in [5.41, 5.74) is -1.84. The summed E-state index contributed by atoms with van der Waals surface area (Å²) in [6.07, 6.45) is 8.16. The third-order valence-electron chi connectivity index (χ3n) is 8.07. The zero-order chi connectivity index (χ0) is 26.6. The van der Waals surface area contributed by atoms with Gasteiger partial charge in [0.05, 0.1) is 31.3 Å². The third kappa shape index (κ3) is 4.30. The fraction of sp³-hybridized carbons (Fsp3) is 0.750. The normalized spacial score (nSPS) is 33.6. The molecule has 200 valence electrons. The van der Waals surface area contributed by atoms with Crippen LogP contribution in [0.2, 0.25) is 0 Å². The minimum Gasteiger partial charge on any atom is -0.465 e. The van der Waals surface area contributed by atoms with Crippen molar-refractivity contribution < 1.29 is 29.0 Å². The molecular weight excluding hydrogens is 460 g/mol. The van der Waals surface area contributed by atoms with Crippen LogP contribution in [-0.4, -0.2) is 81.8 Å². The van der Waals surface area contributed by atoms with Gasteiger partial charge in [0.25, 0.3) is 0 Å². The number of cyclic esters (lactones) is 1. The maximum atomic E-state index is 14.5. The molecule has 0 saturated carbocycles. The van der Waals surface area contributed by atoms with E-state index in [0.29, 0.717) is 13.0 Å². The van der Waals surface area contributed by atoms with E-state index >= 15 is 0 Å². The number of amides is 2. The standard InChI is InChI=1S/C28H42N2O6/c1-17(2)18(15-31)30-22-24(33)29(27(6,7)16-26(3,4)5)13-10-12-28(22)21(23(30)32)20-19(36-28)11-8-9-14-35-25(20)34/h8,10-12,17-22,31H,9,13-16H2,1-7H3/t18-,19-,20+,21-,22?,28-/m0/s1. The minimum absolute atomic E-state index is 0.0272. The molecule has 0 aromatic rings. The van der Waals surface area contributed by atoms with Crippen LogP contribution in [0.1, 0.15) is 61.3 Å². The summed E-state index contributed by atoms with van der Waals surface area (Å²) in [6.45, 7) is 14.7. The van der Waals surface area contributed by atoms with Gasteiger partial charge in [-0.3, -0.25) is 14.4 Å². The van der Waals surface area contributed by atoms with Crippen LogP contribution in [0, 0.1) is 23.2 Å². The highest BCUT2D eigenvalue weighted by Gasteiger charge is 2.73. The van der Waals surface area contributed by atoms with E-state index in [2.05, 4.69) is 34.6 Å². The van der Waals surface area contributed by atoms with Gasteiger partial charge in [0.2, 0.25) is 11.8 Å². The van der Waals surface area contributed by atoms with Crippen LogP contribution in [0.4, 0.5) is 0 Å². The Morgan fingerprint density at radius 2 is 1.81 bits per heavy atom. The number of hydrogen-bond acceptors (Lipinski definition) is 6. The number of nitrogens with zero attached hydrogens (tertiary/aromatic N) is 2. The average molecular weight is 503 g/mol. The van der Waals surface area contributed by atoms with Crippen molar-refractivity contribution in [3.63, 3.8) is 0 Å². The van der Waals surface area contributed by atoms with Gasteiger partial charge in [-0.1, -0.05) is 58.9 Å². The highest BCUT2D eigenvalue weighted by atomic mass is 16.6. The molecule has 4 heterocycles. The molecule has 6 atom stereocenters. The second-order valence-corrected chi connectivity index (χ2v) is 12.9. The fourth-order valence-corrected chi connectivity index (χ4v) is 6.96. The first-order valence-corrected chi connectivity index (χ1v) is 13.2. The smallest absolute Gasteiger partial charge is 0.312 e. The van der Waals surface area contributed by atoms with Crippen molar-refractivity contribution in [2.24, 2.45) is 23.2 Å². The van der Waals surface area contributed by atoms with Crippen molar-refractivity contribution in [1.82, 2.24) is 9.80 Å². The second kappa shape index (κ2) is 9.28. The van der Waals surface area contributed by atoms with E-state index in [1.165, 1.54) is 4.90 Å². The molecule has 4 rings (SSSR count). The van der Waals surface area contributed by atoms with Crippen molar-refractivity contribution in [2.45, 2.75) is 90.6 Å². The van der Waals surface area contributed by atoms with E-state index in [9.17, 15) is 19.5 Å². The number of esters is 1. The van der Waals surface area contributed by atoms with Gasteiger partial charge in [0.1, 0.15) is 17.6 Å². The summed E-state index contributed by atoms with van der Waals surface area (Å²) in [5, 5.41) is 10.3. The van der Waals surface area contributed by atoms with Gasteiger partial charge in [0.15, 0.2) is 0 Å². The molecule has 0 aromatic carbocycles. The molecule has 36 heavy (non-hydrogen) atoms. The molecule has 4 aliphatic rings. The van der Waals surface area contributed by atoms with Crippen LogP contribution in [-0.2, 0) is 23.9 Å². The van der Waals surface area contributed by atoms with E-state index < -0.39 is 47.1 Å². The molecule has 0 bridgehead atoms. The number of aliphatic hydroxyl groups is 1. The summed E-state index contributed by atoms with van der Waals surface area (Å²) < 4.78 is 12.1. The first-order chi connectivity index (χ1) is 16.7. The van der Waals surface area contributed by atoms with Gasteiger partial charge in [-0.15, -0.1) is 0 Å². The number of carbonyl (C=O) groups excluding carboxylic acids is 3. The maximum Gasteiger partial charge on any atom is 0.312 e. The van der Waals surface area contributed by atoms with Crippen LogP contribution in [0.15, 0.2) is 24.3 Å². The number of aliphatic hydroxyl groups excluding tert-OH is 1. The van der Waals surface area contributed by atoms with Crippen molar-refractivity contribution in [3.8, 4) is 0 Å². The predicted octanol–water partition coefficient (Wildman–Crippen LogP) is 2.70. The lowest BCUT2D eigenvalue weighted by Crippen LogP contribution is -2.62. The largest absolute Gasteiger partial charge is 0.465 e. The Bertz CT molecular complexity index is 964. The molecule has 8 nitrogen and oxygen atoms in total. The minimum atomic E-state index is -1.31. The molecular formula is C28H42N2O6. The van der Waals surface area contributed by atoms with E-state index in [1.54, 1.807) is 0 Å². The Kier molecular flexibility index (Phi) is 6.92. The number of fused-ring (bicyclic) bond motifs is 2. The quantitative estimate of drug-likeness (QED) is 0.459. The Balaban J connectivity index is 1.86. The average Bonchev–Trinajstić information content (AvgIpc) is 3.10. The van der Waals surface area contributed by atoms with Crippen LogP contribution in [0.5, 0.6) is 0 Å². The number of hydrogen-bond donors (Lipinski definition) is 1. The van der Waals surface area contributed by atoms with E-state index in [0.717, 1.165) is 6.42 Å². The highest BCUT2D eigenvalue weighted by Crippen LogP contribution is 2.54. The van der Waals surface area contributed by atoms with Gasteiger partial charge >= 0.3 is 5.97 Å². The number of likely N-dealkylation sites (tertiary alicyclic amines) is 1. The molecule has 2 fully saturated rings. The zero-order valence-electron chi connectivity index (χ0n) is 22.7. The predicted molar refractivity (Wildman–Crippen MR) is 135 cm³/mol. The molecule has 2 saturated heterocycles. The number of ether oxygens (including phenoxy) is 2. The zero-order valence-corrected chi connectivity index (χ0v) is 22.7. The van der Waals surface area contributed by atoms with Crippen LogP contribution >= 0.6 is 0 Å².